The van der Waals surface area contributed by atoms with Crippen molar-refractivity contribution in [3.8, 4) is 11.5 Å². The molecule has 0 bridgehead atoms. The first-order valence-electron chi connectivity index (χ1n) is 5.98. The van der Waals surface area contributed by atoms with Gasteiger partial charge in [-0.3, -0.25) is 0 Å². The van der Waals surface area contributed by atoms with E-state index in [1.54, 1.807) is 0 Å². The molecule has 0 saturated heterocycles. The van der Waals surface area contributed by atoms with Crippen LogP contribution in [0.1, 0.15) is 11.1 Å². The summed E-state index contributed by atoms with van der Waals surface area (Å²) in [6.45, 7) is 2.08. The number of fused-ring (bicyclic) bond motifs is 1. The highest BCUT2D eigenvalue weighted by Gasteiger charge is 2.28. The number of benzene rings is 2. The van der Waals surface area contributed by atoms with Gasteiger partial charge in [-0.05, 0) is 30.6 Å². The molecule has 88 valence electrons. The molecule has 0 saturated carbocycles. The van der Waals surface area contributed by atoms with E-state index in [0.29, 0.717) is 0 Å². The van der Waals surface area contributed by atoms with E-state index >= 15 is 0 Å². The van der Waals surface area contributed by atoms with Gasteiger partial charge in [0, 0.05) is 0 Å². The first-order valence-corrected chi connectivity index (χ1v) is 5.98. The normalized spacial score (nSPS) is 13.3. The Morgan fingerprint density at radius 1 is 0.889 bits per heavy atom. The van der Waals surface area contributed by atoms with Gasteiger partial charge < -0.3 is 9.31 Å². The average molecular weight is 236 g/mol. The van der Waals surface area contributed by atoms with Crippen molar-refractivity contribution in [2.24, 2.45) is 0 Å². The van der Waals surface area contributed by atoms with Crippen molar-refractivity contribution in [3.63, 3.8) is 0 Å². The smallest absolute Gasteiger partial charge is 0.520 e. The molecule has 0 unspecified atom stereocenters. The molecule has 2 nitrogen and oxygen atoms in total. The zero-order valence-electron chi connectivity index (χ0n) is 10.2. The third-order valence-electron chi connectivity index (χ3n) is 2.86. The van der Waals surface area contributed by atoms with E-state index in [0.717, 1.165) is 17.1 Å². The lowest BCUT2D eigenvalue weighted by Gasteiger charge is -1.98. The summed E-state index contributed by atoms with van der Waals surface area (Å²) in [6.07, 6.45) is 2.01. The third-order valence-corrected chi connectivity index (χ3v) is 2.86. The minimum absolute atomic E-state index is 0.330. The lowest BCUT2D eigenvalue weighted by atomic mass is 9.89. The van der Waals surface area contributed by atoms with E-state index in [-0.39, 0.29) is 7.12 Å². The van der Waals surface area contributed by atoms with Crippen LogP contribution in [-0.2, 0) is 0 Å². The first-order chi connectivity index (χ1) is 8.81. The van der Waals surface area contributed by atoms with Crippen LogP contribution in [0.15, 0.2) is 54.5 Å². The Kier molecular flexibility index (Phi) is 2.81. The van der Waals surface area contributed by atoms with Gasteiger partial charge in [-0.15, -0.1) is 0 Å². The van der Waals surface area contributed by atoms with Crippen LogP contribution in [0.25, 0.3) is 6.08 Å². The maximum Gasteiger partial charge on any atom is 0.625 e. The van der Waals surface area contributed by atoms with Crippen molar-refractivity contribution >= 4 is 13.2 Å². The summed E-state index contributed by atoms with van der Waals surface area (Å²) < 4.78 is 11.3. The second kappa shape index (κ2) is 4.61. The highest BCUT2D eigenvalue weighted by atomic mass is 16.6. The predicted octanol–water partition coefficient (Wildman–Crippen LogP) is 3.51. The summed E-state index contributed by atoms with van der Waals surface area (Å²) in [5.74, 6) is 3.53. The van der Waals surface area contributed by atoms with Crippen LogP contribution in [0.3, 0.4) is 0 Å². The Morgan fingerprint density at radius 3 is 2.11 bits per heavy atom. The molecule has 0 N–H and O–H groups in total. The maximum atomic E-state index is 5.64. The Morgan fingerprint density at radius 2 is 1.50 bits per heavy atom. The topological polar surface area (TPSA) is 18.5 Å². The van der Waals surface area contributed by atoms with Crippen LogP contribution in [0, 0.1) is 6.92 Å². The summed E-state index contributed by atoms with van der Waals surface area (Å²) in [6, 6.07) is 16.0. The number of para-hydroxylation sites is 2. The molecule has 0 amide bonds. The molecular weight excluding hydrogens is 223 g/mol. The molecule has 1 aliphatic rings. The number of rotatable bonds is 2. The zero-order chi connectivity index (χ0) is 12.4. The van der Waals surface area contributed by atoms with Crippen LogP contribution >= 0.6 is 0 Å². The lowest BCUT2D eigenvalue weighted by molar-refractivity contribution is 0.517. The standard InChI is InChI=1S/C15H13BO2/c1-12-6-8-13(9-7-12)10-11-16-17-14-4-2-3-5-15(14)18-16/h2-11H,1H3. The molecule has 0 aliphatic carbocycles. The first kappa shape index (κ1) is 11.0. The van der Waals surface area contributed by atoms with Crippen LogP contribution in [0.2, 0.25) is 0 Å². The maximum absolute atomic E-state index is 5.64. The number of hydrogen-bond acceptors (Lipinski definition) is 2. The van der Waals surface area contributed by atoms with Gasteiger partial charge in [0.1, 0.15) is 11.5 Å². The summed E-state index contributed by atoms with van der Waals surface area (Å²) in [4.78, 5) is 0. The van der Waals surface area contributed by atoms with Gasteiger partial charge >= 0.3 is 7.12 Å². The molecule has 0 atom stereocenters. The Labute approximate surface area is 107 Å². The van der Waals surface area contributed by atoms with Gasteiger partial charge in [0.25, 0.3) is 0 Å². The summed E-state index contributed by atoms with van der Waals surface area (Å²) in [5, 5.41) is 0. The largest absolute Gasteiger partial charge is 0.625 e. The quantitative estimate of drug-likeness (QED) is 0.743. The Hall–Kier alpha value is -2.16. The molecule has 1 heterocycles. The minimum atomic E-state index is -0.330. The van der Waals surface area contributed by atoms with Crippen LogP contribution in [0.4, 0.5) is 0 Å². The van der Waals surface area contributed by atoms with E-state index in [1.807, 2.05) is 36.3 Å². The molecule has 0 fully saturated rings. The zero-order valence-corrected chi connectivity index (χ0v) is 10.2. The van der Waals surface area contributed by atoms with Crippen molar-refractivity contribution in [2.45, 2.75) is 6.92 Å². The molecule has 0 spiro atoms. The SMILES string of the molecule is Cc1ccc(C=CB2Oc3ccccc3O2)cc1. The molecule has 3 heteroatoms. The summed E-state index contributed by atoms with van der Waals surface area (Å²) >= 11 is 0. The molecule has 2 aromatic rings. The predicted molar refractivity (Wildman–Crippen MR) is 73.7 cm³/mol. The number of hydrogen-bond donors (Lipinski definition) is 0. The highest BCUT2D eigenvalue weighted by molar-refractivity contribution is 6.54. The molecule has 0 radical (unpaired) electrons. The second-order valence-corrected chi connectivity index (χ2v) is 4.32. The fraction of sp³-hybridized carbons (Fsp3) is 0.0667. The summed E-state index contributed by atoms with van der Waals surface area (Å²) in [5.41, 5.74) is 2.40. The molecule has 2 aromatic carbocycles. The Bertz CT molecular complexity index is 550. The molecule has 0 aromatic heterocycles. The van der Waals surface area contributed by atoms with Crippen molar-refractivity contribution in [1.82, 2.24) is 0 Å². The van der Waals surface area contributed by atoms with Gasteiger partial charge in [0.2, 0.25) is 0 Å². The average Bonchev–Trinajstić information content (AvgIpc) is 2.81. The van der Waals surface area contributed by atoms with Crippen molar-refractivity contribution in [3.05, 3.63) is 65.6 Å². The highest BCUT2D eigenvalue weighted by Crippen LogP contribution is 2.32. The van der Waals surface area contributed by atoms with Crippen molar-refractivity contribution in [2.75, 3.05) is 0 Å². The van der Waals surface area contributed by atoms with E-state index in [9.17, 15) is 0 Å². The van der Waals surface area contributed by atoms with Crippen molar-refractivity contribution < 1.29 is 9.31 Å². The van der Waals surface area contributed by atoms with Gasteiger partial charge in [0.15, 0.2) is 0 Å². The van der Waals surface area contributed by atoms with E-state index < -0.39 is 0 Å². The van der Waals surface area contributed by atoms with Crippen LogP contribution in [0.5, 0.6) is 11.5 Å². The Balaban J connectivity index is 1.71. The monoisotopic (exact) mass is 236 g/mol. The number of aryl methyl sites for hydroxylation is 1. The van der Waals surface area contributed by atoms with Gasteiger partial charge in [-0.1, -0.05) is 48.0 Å². The van der Waals surface area contributed by atoms with E-state index in [1.165, 1.54) is 5.56 Å². The minimum Gasteiger partial charge on any atom is -0.520 e. The van der Waals surface area contributed by atoms with Crippen molar-refractivity contribution in [1.29, 1.82) is 0 Å². The molecule has 18 heavy (non-hydrogen) atoms. The van der Waals surface area contributed by atoms with Crippen LogP contribution in [-0.4, -0.2) is 7.12 Å². The fourth-order valence-electron chi connectivity index (χ4n) is 1.87. The molecular formula is C15H13BO2. The van der Waals surface area contributed by atoms with Gasteiger partial charge in [0.05, 0.1) is 0 Å². The second-order valence-electron chi connectivity index (χ2n) is 4.32. The van der Waals surface area contributed by atoms with Gasteiger partial charge in [-0.2, -0.15) is 0 Å². The summed E-state index contributed by atoms with van der Waals surface area (Å²) in [7, 11) is -0.330. The fourth-order valence-corrected chi connectivity index (χ4v) is 1.87. The van der Waals surface area contributed by atoms with E-state index in [2.05, 4.69) is 31.2 Å². The molecule has 3 rings (SSSR count). The third kappa shape index (κ3) is 2.25. The van der Waals surface area contributed by atoms with Gasteiger partial charge in [-0.25, -0.2) is 0 Å². The molecule has 1 aliphatic heterocycles. The lowest BCUT2D eigenvalue weighted by Crippen LogP contribution is -2.21. The van der Waals surface area contributed by atoms with Crippen LogP contribution < -0.4 is 9.31 Å². The van der Waals surface area contributed by atoms with E-state index in [4.69, 9.17) is 9.31 Å².